The first-order valence-electron chi connectivity index (χ1n) is 12.9. The second-order valence-electron chi connectivity index (χ2n) is 9.09. The number of para-hydroxylation sites is 1. The van der Waals surface area contributed by atoms with Crippen molar-refractivity contribution in [3.8, 4) is 0 Å². The van der Waals surface area contributed by atoms with Crippen molar-refractivity contribution in [3.05, 3.63) is 93.4 Å². The summed E-state index contributed by atoms with van der Waals surface area (Å²) in [6.07, 6.45) is 1.97. The van der Waals surface area contributed by atoms with Crippen LogP contribution in [0.5, 0.6) is 0 Å². The molecule has 3 aromatic rings. The molecule has 1 unspecified atom stereocenters. The van der Waals surface area contributed by atoms with Gasteiger partial charge < -0.3 is 10.2 Å². The number of amides is 2. The van der Waals surface area contributed by atoms with E-state index in [0.29, 0.717) is 39.3 Å². The first kappa shape index (κ1) is 31.7. The van der Waals surface area contributed by atoms with E-state index in [1.807, 2.05) is 6.92 Å². The third kappa shape index (κ3) is 7.91. The average Bonchev–Trinajstić information content (AvgIpc) is 2.93. The quantitative estimate of drug-likeness (QED) is 0.218. The van der Waals surface area contributed by atoms with Crippen LogP contribution >= 0.6 is 34.8 Å². The first-order chi connectivity index (χ1) is 19.1. The van der Waals surface area contributed by atoms with Crippen LogP contribution in [0, 0.1) is 0 Å². The number of hydrogen-bond donors (Lipinski definition) is 1. The maximum Gasteiger partial charge on any atom is 0.264 e. The number of benzene rings is 3. The number of nitrogens with zero attached hydrogens (tertiary/aromatic N) is 2. The highest BCUT2D eigenvalue weighted by Gasteiger charge is 2.34. The Hall–Kier alpha value is -2.78. The van der Waals surface area contributed by atoms with E-state index in [4.69, 9.17) is 34.8 Å². The molecule has 0 aliphatic rings. The number of sulfonamides is 1. The SMILES string of the molecule is CCCCNC(=O)C(CC)N(Cc1c(Cl)cccc1Cl)C(=O)CN(c1ccccc1)S(=O)(=O)c1ccc(Cl)cc1. The molecule has 1 atom stereocenters. The molecule has 0 heterocycles. The van der Waals surface area contributed by atoms with Crippen LogP contribution in [0.15, 0.2) is 77.7 Å². The van der Waals surface area contributed by atoms with Gasteiger partial charge in [-0.2, -0.15) is 0 Å². The van der Waals surface area contributed by atoms with Crippen molar-refractivity contribution in [1.82, 2.24) is 10.2 Å². The second-order valence-corrected chi connectivity index (χ2v) is 12.2. The topological polar surface area (TPSA) is 86.8 Å². The highest BCUT2D eigenvalue weighted by Crippen LogP contribution is 2.29. The summed E-state index contributed by atoms with van der Waals surface area (Å²) in [6, 6.07) is 18.1. The molecule has 0 spiro atoms. The molecule has 40 heavy (non-hydrogen) atoms. The van der Waals surface area contributed by atoms with E-state index in [1.54, 1.807) is 55.5 Å². The van der Waals surface area contributed by atoms with Gasteiger partial charge in [0.05, 0.1) is 10.6 Å². The molecule has 3 aromatic carbocycles. The summed E-state index contributed by atoms with van der Waals surface area (Å²) in [5.41, 5.74) is 0.757. The summed E-state index contributed by atoms with van der Waals surface area (Å²) in [5, 5.41) is 3.93. The fourth-order valence-corrected chi connectivity index (χ4v) is 6.19. The van der Waals surface area contributed by atoms with Gasteiger partial charge in [0.25, 0.3) is 10.0 Å². The molecule has 0 saturated carbocycles. The number of carbonyl (C=O) groups is 2. The highest BCUT2D eigenvalue weighted by molar-refractivity contribution is 7.92. The van der Waals surface area contributed by atoms with Gasteiger partial charge in [-0.05, 0) is 61.4 Å². The Balaban J connectivity index is 2.05. The third-order valence-electron chi connectivity index (χ3n) is 6.33. The van der Waals surface area contributed by atoms with Crippen LogP contribution in [-0.4, -0.2) is 44.3 Å². The van der Waals surface area contributed by atoms with Gasteiger partial charge in [-0.25, -0.2) is 8.42 Å². The molecule has 0 bridgehead atoms. The molecule has 0 aliphatic heterocycles. The smallest absolute Gasteiger partial charge is 0.264 e. The standard InChI is InChI=1S/C29H32Cl3N3O4S/c1-3-5-18-33-29(37)27(4-2)34(19-24-25(31)12-9-13-26(24)32)28(36)20-35(22-10-7-6-8-11-22)40(38,39)23-16-14-21(30)15-17-23/h6-17,27H,3-5,18-20H2,1-2H3,(H,33,37). The van der Waals surface area contributed by atoms with Gasteiger partial charge in [0, 0.05) is 33.7 Å². The number of hydrogen-bond acceptors (Lipinski definition) is 4. The lowest BCUT2D eigenvalue weighted by Gasteiger charge is -2.33. The van der Waals surface area contributed by atoms with E-state index in [0.717, 1.165) is 17.1 Å². The normalized spacial score (nSPS) is 12.0. The van der Waals surface area contributed by atoms with Crippen molar-refractivity contribution in [2.45, 2.75) is 50.6 Å². The molecule has 0 aliphatic carbocycles. The molecule has 11 heteroatoms. The maximum atomic E-state index is 14.1. The van der Waals surface area contributed by atoms with E-state index in [-0.39, 0.29) is 17.3 Å². The van der Waals surface area contributed by atoms with Gasteiger partial charge in [-0.1, -0.05) is 79.3 Å². The van der Waals surface area contributed by atoms with Gasteiger partial charge >= 0.3 is 0 Å². The first-order valence-corrected chi connectivity index (χ1v) is 15.5. The summed E-state index contributed by atoms with van der Waals surface area (Å²) >= 11 is 18.9. The van der Waals surface area contributed by atoms with E-state index < -0.39 is 28.5 Å². The van der Waals surface area contributed by atoms with Crippen LogP contribution in [0.25, 0.3) is 0 Å². The Labute approximate surface area is 251 Å². The zero-order valence-electron chi connectivity index (χ0n) is 22.3. The van der Waals surface area contributed by atoms with Crippen LogP contribution < -0.4 is 9.62 Å². The monoisotopic (exact) mass is 623 g/mol. The van der Waals surface area contributed by atoms with Crippen molar-refractivity contribution in [3.63, 3.8) is 0 Å². The van der Waals surface area contributed by atoms with E-state index >= 15 is 0 Å². The van der Waals surface area contributed by atoms with Crippen molar-refractivity contribution < 1.29 is 18.0 Å². The largest absolute Gasteiger partial charge is 0.354 e. The van der Waals surface area contributed by atoms with Crippen molar-refractivity contribution >= 4 is 62.3 Å². The molecule has 1 N–H and O–H groups in total. The summed E-state index contributed by atoms with van der Waals surface area (Å²) < 4.78 is 28.6. The summed E-state index contributed by atoms with van der Waals surface area (Å²) in [7, 11) is -4.18. The van der Waals surface area contributed by atoms with E-state index in [9.17, 15) is 18.0 Å². The summed E-state index contributed by atoms with van der Waals surface area (Å²) in [5.74, 6) is -0.922. The molecule has 2 amide bonds. The second kappa shape index (κ2) is 14.7. The van der Waals surface area contributed by atoms with E-state index in [2.05, 4.69) is 5.32 Å². The number of anilines is 1. The van der Waals surface area contributed by atoms with Crippen LogP contribution in [0.3, 0.4) is 0 Å². The summed E-state index contributed by atoms with van der Waals surface area (Å²) in [6.45, 7) is 3.62. The zero-order valence-corrected chi connectivity index (χ0v) is 25.4. The number of halogens is 3. The van der Waals surface area contributed by atoms with Gasteiger partial charge in [0.2, 0.25) is 11.8 Å². The predicted octanol–water partition coefficient (Wildman–Crippen LogP) is 6.57. The fourth-order valence-electron chi connectivity index (χ4n) is 4.14. The lowest BCUT2D eigenvalue weighted by Crippen LogP contribution is -2.52. The zero-order chi connectivity index (χ0) is 29.3. The lowest BCUT2D eigenvalue weighted by atomic mass is 10.1. The molecule has 3 rings (SSSR count). The number of unbranched alkanes of at least 4 members (excludes halogenated alkanes) is 1. The summed E-state index contributed by atoms with van der Waals surface area (Å²) in [4.78, 5) is 28.6. The molecule has 0 radical (unpaired) electrons. The number of nitrogens with one attached hydrogen (secondary N) is 1. The molecule has 7 nitrogen and oxygen atoms in total. The Kier molecular flexibility index (Phi) is 11.7. The maximum absolute atomic E-state index is 14.1. The van der Waals surface area contributed by atoms with Crippen LogP contribution in [0.4, 0.5) is 5.69 Å². The minimum atomic E-state index is -4.18. The van der Waals surface area contributed by atoms with Gasteiger partial charge in [-0.3, -0.25) is 13.9 Å². The lowest BCUT2D eigenvalue weighted by molar-refractivity contribution is -0.140. The van der Waals surface area contributed by atoms with E-state index in [1.165, 1.54) is 29.2 Å². The third-order valence-corrected chi connectivity index (χ3v) is 9.08. The van der Waals surface area contributed by atoms with Crippen LogP contribution in [0.1, 0.15) is 38.7 Å². The van der Waals surface area contributed by atoms with Crippen LogP contribution in [-0.2, 0) is 26.2 Å². The van der Waals surface area contributed by atoms with Gasteiger partial charge in [0.1, 0.15) is 12.6 Å². The highest BCUT2D eigenvalue weighted by atomic mass is 35.5. The Bertz CT molecular complexity index is 1380. The molecular formula is C29H32Cl3N3O4S. The minimum absolute atomic E-state index is 0.0291. The van der Waals surface area contributed by atoms with Gasteiger partial charge in [-0.15, -0.1) is 0 Å². The average molecular weight is 625 g/mol. The Morgan fingerprint density at radius 2 is 1.50 bits per heavy atom. The number of rotatable bonds is 13. The minimum Gasteiger partial charge on any atom is -0.354 e. The number of carbonyl (C=O) groups excluding carboxylic acids is 2. The predicted molar refractivity (Wildman–Crippen MR) is 161 cm³/mol. The van der Waals surface area contributed by atoms with Gasteiger partial charge in [0.15, 0.2) is 0 Å². The molecular weight excluding hydrogens is 593 g/mol. The molecule has 214 valence electrons. The van der Waals surface area contributed by atoms with Crippen molar-refractivity contribution in [2.75, 3.05) is 17.4 Å². The van der Waals surface area contributed by atoms with Crippen molar-refractivity contribution in [2.24, 2.45) is 0 Å². The molecule has 0 fully saturated rings. The Morgan fingerprint density at radius 3 is 2.08 bits per heavy atom. The van der Waals surface area contributed by atoms with Crippen molar-refractivity contribution in [1.29, 1.82) is 0 Å². The fraction of sp³-hybridized carbons (Fsp3) is 0.310. The van der Waals surface area contributed by atoms with Crippen LogP contribution in [0.2, 0.25) is 15.1 Å². The molecule has 0 aromatic heterocycles. The molecule has 0 saturated heterocycles. The Morgan fingerprint density at radius 1 is 0.875 bits per heavy atom.